The summed E-state index contributed by atoms with van der Waals surface area (Å²) >= 11 is 0. The number of likely N-dealkylation sites (N-methyl/N-ethyl adjacent to an activating group) is 1. The van der Waals surface area contributed by atoms with Gasteiger partial charge in [-0.3, -0.25) is 4.79 Å². The second-order valence-electron chi connectivity index (χ2n) is 3.82. The van der Waals surface area contributed by atoms with E-state index in [1.54, 1.807) is 0 Å². The third kappa shape index (κ3) is 8.01. The van der Waals surface area contributed by atoms with E-state index in [1.807, 2.05) is 25.9 Å². The molecular formula is C10H22N2O2. The normalized spacial score (nSPS) is 12.9. The number of nitrogens with one attached hydrogen (secondary N) is 1. The molecule has 0 saturated heterocycles. The molecule has 0 aliphatic carbocycles. The van der Waals surface area contributed by atoms with E-state index in [2.05, 4.69) is 5.32 Å². The molecule has 0 aromatic carbocycles. The molecule has 4 heteroatoms. The van der Waals surface area contributed by atoms with Gasteiger partial charge in [0.1, 0.15) is 0 Å². The Morgan fingerprint density at radius 3 is 2.64 bits per heavy atom. The third-order valence-corrected chi connectivity index (χ3v) is 1.87. The van der Waals surface area contributed by atoms with Gasteiger partial charge in [-0.25, -0.2) is 0 Å². The molecule has 0 aromatic rings. The van der Waals surface area contributed by atoms with Crippen molar-refractivity contribution in [2.24, 2.45) is 0 Å². The summed E-state index contributed by atoms with van der Waals surface area (Å²) in [7, 11) is 3.78. The fraction of sp³-hybridized carbons (Fsp3) is 0.900. The molecule has 14 heavy (non-hydrogen) atoms. The predicted molar refractivity (Wildman–Crippen MR) is 57.1 cm³/mol. The molecule has 0 fully saturated rings. The van der Waals surface area contributed by atoms with Crippen molar-refractivity contribution >= 4 is 5.91 Å². The quantitative estimate of drug-likeness (QED) is 0.621. The van der Waals surface area contributed by atoms with Crippen LogP contribution < -0.4 is 5.32 Å². The van der Waals surface area contributed by atoms with Crippen molar-refractivity contribution in [1.29, 1.82) is 0 Å². The van der Waals surface area contributed by atoms with Gasteiger partial charge in [0, 0.05) is 19.5 Å². The van der Waals surface area contributed by atoms with Gasteiger partial charge < -0.3 is 15.3 Å². The lowest BCUT2D eigenvalue weighted by atomic mass is 10.2. The van der Waals surface area contributed by atoms with E-state index in [0.29, 0.717) is 19.5 Å². The van der Waals surface area contributed by atoms with Crippen LogP contribution >= 0.6 is 0 Å². The zero-order valence-corrected chi connectivity index (χ0v) is 9.42. The summed E-state index contributed by atoms with van der Waals surface area (Å²) in [6.45, 7) is 2.98. The number of carbonyl (C=O) groups is 1. The molecule has 1 unspecified atom stereocenters. The van der Waals surface area contributed by atoms with Gasteiger partial charge in [0.25, 0.3) is 0 Å². The molecule has 2 N–H and O–H groups in total. The van der Waals surface area contributed by atoms with Crippen LogP contribution in [0.4, 0.5) is 0 Å². The van der Waals surface area contributed by atoms with Crippen LogP contribution in [0.15, 0.2) is 0 Å². The maximum Gasteiger partial charge on any atom is 0.220 e. The number of aliphatic hydroxyl groups excluding tert-OH is 1. The SMILES string of the molecule is CCCCC(=O)NCC(O)CN(C)C. The Labute approximate surface area is 86.3 Å². The zero-order chi connectivity index (χ0) is 11.0. The molecule has 0 radical (unpaired) electrons. The molecule has 1 atom stereocenters. The van der Waals surface area contributed by atoms with Crippen LogP contribution in [0.2, 0.25) is 0 Å². The van der Waals surface area contributed by atoms with E-state index in [1.165, 1.54) is 0 Å². The molecule has 0 bridgehead atoms. The minimum absolute atomic E-state index is 0.0321. The van der Waals surface area contributed by atoms with Crippen LogP contribution in [0.25, 0.3) is 0 Å². The molecule has 0 aromatic heterocycles. The lowest BCUT2D eigenvalue weighted by Crippen LogP contribution is -2.37. The van der Waals surface area contributed by atoms with Gasteiger partial charge in [-0.05, 0) is 20.5 Å². The highest BCUT2D eigenvalue weighted by molar-refractivity contribution is 5.75. The van der Waals surface area contributed by atoms with E-state index >= 15 is 0 Å². The summed E-state index contributed by atoms with van der Waals surface area (Å²) in [4.78, 5) is 13.0. The number of aliphatic hydroxyl groups is 1. The molecule has 1 amide bonds. The van der Waals surface area contributed by atoms with Gasteiger partial charge >= 0.3 is 0 Å². The van der Waals surface area contributed by atoms with Gasteiger partial charge in [-0.1, -0.05) is 13.3 Å². The summed E-state index contributed by atoms with van der Waals surface area (Å²) in [5.41, 5.74) is 0. The van der Waals surface area contributed by atoms with Gasteiger partial charge in [-0.2, -0.15) is 0 Å². The first-order chi connectivity index (χ1) is 6.56. The Kier molecular flexibility index (Phi) is 7.42. The molecule has 0 aliphatic heterocycles. The van der Waals surface area contributed by atoms with Gasteiger partial charge in [0.15, 0.2) is 0 Å². The average molecular weight is 202 g/mol. The maximum atomic E-state index is 11.2. The lowest BCUT2D eigenvalue weighted by molar-refractivity contribution is -0.121. The second kappa shape index (κ2) is 7.76. The van der Waals surface area contributed by atoms with Crippen LogP contribution in [-0.2, 0) is 4.79 Å². The predicted octanol–water partition coefficient (Wildman–Crippen LogP) is 0.215. The molecule has 0 heterocycles. The Bertz CT molecular complexity index is 160. The zero-order valence-electron chi connectivity index (χ0n) is 9.42. The van der Waals surface area contributed by atoms with Crippen LogP contribution in [0.1, 0.15) is 26.2 Å². The van der Waals surface area contributed by atoms with Crippen molar-refractivity contribution in [2.45, 2.75) is 32.3 Å². The van der Waals surface area contributed by atoms with Crippen molar-refractivity contribution in [3.05, 3.63) is 0 Å². The first-order valence-electron chi connectivity index (χ1n) is 5.15. The molecule has 0 spiro atoms. The summed E-state index contributed by atoms with van der Waals surface area (Å²) in [5.74, 6) is 0.0321. The molecule has 84 valence electrons. The Morgan fingerprint density at radius 1 is 1.50 bits per heavy atom. The topological polar surface area (TPSA) is 52.6 Å². The Balaban J connectivity index is 3.45. The van der Waals surface area contributed by atoms with Crippen LogP contribution in [0.3, 0.4) is 0 Å². The summed E-state index contributed by atoms with van der Waals surface area (Å²) in [6.07, 6.45) is 2.02. The highest BCUT2D eigenvalue weighted by Gasteiger charge is 2.07. The number of unbranched alkanes of at least 4 members (excludes halogenated alkanes) is 1. The molecule has 0 aliphatic rings. The van der Waals surface area contributed by atoms with E-state index < -0.39 is 6.10 Å². The molecule has 0 saturated carbocycles. The van der Waals surface area contributed by atoms with Crippen molar-refractivity contribution in [3.8, 4) is 0 Å². The number of rotatable bonds is 7. The Morgan fingerprint density at radius 2 is 2.14 bits per heavy atom. The van der Waals surface area contributed by atoms with Gasteiger partial charge in [0.05, 0.1) is 6.10 Å². The molecule has 0 rings (SSSR count). The van der Waals surface area contributed by atoms with E-state index in [-0.39, 0.29) is 5.91 Å². The highest BCUT2D eigenvalue weighted by Crippen LogP contribution is 1.93. The summed E-state index contributed by atoms with van der Waals surface area (Å²) in [5, 5.41) is 12.1. The first-order valence-corrected chi connectivity index (χ1v) is 5.15. The lowest BCUT2D eigenvalue weighted by Gasteiger charge is -2.16. The summed E-state index contributed by atoms with van der Waals surface area (Å²) < 4.78 is 0. The molecule has 4 nitrogen and oxygen atoms in total. The monoisotopic (exact) mass is 202 g/mol. The number of carbonyl (C=O) groups excluding carboxylic acids is 1. The number of hydrogen-bond acceptors (Lipinski definition) is 3. The van der Waals surface area contributed by atoms with Crippen LogP contribution in [0, 0.1) is 0 Å². The number of amides is 1. The highest BCUT2D eigenvalue weighted by atomic mass is 16.3. The average Bonchev–Trinajstić information content (AvgIpc) is 2.10. The largest absolute Gasteiger partial charge is 0.390 e. The van der Waals surface area contributed by atoms with Crippen molar-refractivity contribution < 1.29 is 9.90 Å². The maximum absolute atomic E-state index is 11.2. The van der Waals surface area contributed by atoms with E-state index in [9.17, 15) is 9.90 Å². The molecular weight excluding hydrogens is 180 g/mol. The number of hydrogen-bond donors (Lipinski definition) is 2. The van der Waals surface area contributed by atoms with Crippen LogP contribution in [-0.4, -0.2) is 49.2 Å². The number of nitrogens with zero attached hydrogens (tertiary/aromatic N) is 1. The van der Waals surface area contributed by atoms with E-state index in [4.69, 9.17) is 0 Å². The fourth-order valence-electron chi connectivity index (χ4n) is 1.14. The summed E-state index contributed by atoms with van der Waals surface area (Å²) in [6, 6.07) is 0. The third-order valence-electron chi connectivity index (χ3n) is 1.87. The van der Waals surface area contributed by atoms with Gasteiger partial charge in [0.2, 0.25) is 5.91 Å². The minimum atomic E-state index is -0.476. The van der Waals surface area contributed by atoms with Gasteiger partial charge in [-0.15, -0.1) is 0 Å². The standard InChI is InChI=1S/C10H22N2O2/c1-4-5-6-10(14)11-7-9(13)8-12(2)3/h9,13H,4-8H2,1-3H3,(H,11,14). The Hall–Kier alpha value is -0.610. The van der Waals surface area contributed by atoms with E-state index in [0.717, 1.165) is 12.8 Å². The van der Waals surface area contributed by atoms with Crippen LogP contribution in [0.5, 0.6) is 0 Å². The fourth-order valence-corrected chi connectivity index (χ4v) is 1.14. The minimum Gasteiger partial charge on any atom is -0.390 e. The van der Waals surface area contributed by atoms with Crippen molar-refractivity contribution in [3.63, 3.8) is 0 Å². The van der Waals surface area contributed by atoms with Crippen molar-refractivity contribution in [2.75, 3.05) is 27.2 Å². The second-order valence-corrected chi connectivity index (χ2v) is 3.82. The first kappa shape index (κ1) is 13.4. The smallest absolute Gasteiger partial charge is 0.220 e. The van der Waals surface area contributed by atoms with Crippen molar-refractivity contribution in [1.82, 2.24) is 10.2 Å².